The number of methoxy groups -OCH3 is 1. The lowest BCUT2D eigenvalue weighted by Crippen LogP contribution is -2.46. The van der Waals surface area contributed by atoms with Gasteiger partial charge in [0.25, 0.3) is 7.41 Å². The predicted molar refractivity (Wildman–Crippen MR) is 86.9 cm³/mol. The van der Waals surface area contributed by atoms with E-state index in [0.717, 1.165) is 5.56 Å². The largest absolute Gasteiger partial charge is 0.469 e. The Bertz CT molecular complexity index is 530. The summed E-state index contributed by atoms with van der Waals surface area (Å²) in [5, 5.41) is 11.1. The van der Waals surface area contributed by atoms with Gasteiger partial charge in [-0.15, -0.1) is 0 Å². The van der Waals surface area contributed by atoms with Crippen LogP contribution in [-0.2, 0) is 20.7 Å². The van der Waals surface area contributed by atoms with Crippen LogP contribution in [0.2, 0.25) is 10.0 Å². The molecule has 0 amide bonds. The van der Waals surface area contributed by atoms with E-state index in [4.69, 9.17) is 23.2 Å². The summed E-state index contributed by atoms with van der Waals surface area (Å²) in [4.78, 5) is 23.6. The highest BCUT2D eigenvalue weighted by Gasteiger charge is 2.26. The molecule has 1 aromatic carbocycles. The highest BCUT2D eigenvalue weighted by atomic mass is 35.5. The number of likely N-dealkylation sites (N-methyl/N-ethyl adjacent to an activating group) is 1. The van der Waals surface area contributed by atoms with Crippen LogP contribution in [0.15, 0.2) is 18.2 Å². The summed E-state index contributed by atoms with van der Waals surface area (Å²) in [6.45, 7) is 0. The topological polar surface area (TPSA) is 66.8 Å². The molecule has 22 heavy (non-hydrogen) atoms. The Balaban J connectivity index is 2.91. The number of carbonyl (C=O) groups excluding carboxylic acids is 2. The Morgan fingerprint density at radius 2 is 2.14 bits per heavy atom. The number of benzene rings is 1. The summed E-state index contributed by atoms with van der Waals surface area (Å²) in [6.07, 6.45) is -0.162. The maximum atomic E-state index is 11.3. The molecule has 0 aromatic heterocycles. The summed E-state index contributed by atoms with van der Waals surface area (Å²) >= 11 is 11.9. The smallest absolute Gasteiger partial charge is 0.308 e. The molecular weight excluding hydrogens is 328 g/mol. The van der Waals surface area contributed by atoms with E-state index >= 15 is 0 Å². The van der Waals surface area contributed by atoms with Gasteiger partial charge in [-0.2, -0.15) is 0 Å². The maximum Gasteiger partial charge on any atom is 0.308 e. The van der Waals surface area contributed by atoms with Crippen molar-refractivity contribution in [2.24, 2.45) is 0 Å². The molecule has 1 N–H and O–H groups in total. The number of hydrogen-bond acceptors (Lipinski definition) is 5. The molecule has 0 fully saturated rings. The quantitative estimate of drug-likeness (QED) is 0.440. The predicted octanol–water partition coefficient (Wildman–Crippen LogP) is 1.57. The molecule has 0 saturated carbocycles. The molecule has 0 bridgehead atoms. The first-order valence-electron chi connectivity index (χ1n) is 6.58. The van der Waals surface area contributed by atoms with Crippen LogP contribution in [0.3, 0.4) is 0 Å². The van der Waals surface area contributed by atoms with Crippen molar-refractivity contribution in [3.8, 4) is 0 Å². The molecule has 0 aliphatic heterocycles. The van der Waals surface area contributed by atoms with Gasteiger partial charge in [-0.05, 0) is 31.2 Å². The molecule has 1 aromatic rings. The fourth-order valence-electron chi connectivity index (χ4n) is 2.06. The summed E-state index contributed by atoms with van der Waals surface area (Å²) in [5.74, 6) is -0.522. The number of hydrogen-bond donors (Lipinski definition) is 1. The van der Waals surface area contributed by atoms with Crippen molar-refractivity contribution in [3.05, 3.63) is 33.8 Å². The minimum Gasteiger partial charge on any atom is -0.469 e. The number of ether oxygens (including phenoxy) is 1. The minimum absolute atomic E-state index is 0.167. The van der Waals surface area contributed by atoms with Crippen LogP contribution in [0.1, 0.15) is 12.0 Å². The van der Waals surface area contributed by atoms with Gasteiger partial charge >= 0.3 is 5.97 Å². The Morgan fingerprint density at radius 3 is 2.68 bits per heavy atom. The SMILES string of the molecule is COC(=O)CC(O)[C@@H](Cc1ccc(Cl)c(Cl)c1)N(C)[B]C=O. The highest BCUT2D eigenvalue weighted by molar-refractivity contribution is 6.64. The third-order valence-electron chi connectivity index (χ3n) is 3.30. The molecule has 119 valence electrons. The number of carbonyl (C=O) groups is 2. The van der Waals surface area contributed by atoms with E-state index in [-0.39, 0.29) is 6.42 Å². The van der Waals surface area contributed by atoms with Crippen molar-refractivity contribution < 1.29 is 19.4 Å². The molecule has 2 atom stereocenters. The fourth-order valence-corrected chi connectivity index (χ4v) is 2.38. The number of rotatable bonds is 8. The molecule has 0 spiro atoms. The highest BCUT2D eigenvalue weighted by Crippen LogP contribution is 2.24. The first-order chi connectivity index (χ1) is 10.4. The zero-order valence-electron chi connectivity index (χ0n) is 12.3. The molecule has 0 aliphatic rings. The van der Waals surface area contributed by atoms with E-state index in [1.807, 2.05) is 0 Å². The van der Waals surface area contributed by atoms with Crippen molar-refractivity contribution >= 4 is 42.8 Å². The normalized spacial score (nSPS) is 13.5. The zero-order chi connectivity index (χ0) is 16.7. The number of aliphatic hydroxyl groups is 1. The zero-order valence-corrected chi connectivity index (χ0v) is 13.8. The van der Waals surface area contributed by atoms with Gasteiger partial charge in [0.2, 0.25) is 0 Å². The van der Waals surface area contributed by atoms with Gasteiger partial charge in [-0.1, -0.05) is 29.3 Å². The fraction of sp³-hybridized carbons (Fsp3) is 0.429. The lowest BCUT2D eigenvalue weighted by Gasteiger charge is -2.30. The van der Waals surface area contributed by atoms with Crippen molar-refractivity contribution in [1.29, 1.82) is 0 Å². The molecule has 0 saturated heterocycles. The number of nitrogens with zero attached hydrogens (tertiary/aromatic N) is 1. The molecule has 1 unspecified atom stereocenters. The Hall–Kier alpha value is -1.08. The maximum absolute atomic E-state index is 11.3. The van der Waals surface area contributed by atoms with Gasteiger partial charge in [0.15, 0.2) is 0 Å². The molecule has 8 heteroatoms. The first kappa shape index (κ1) is 19.0. The lowest BCUT2D eigenvalue weighted by molar-refractivity contribution is -0.143. The molecule has 0 aliphatic carbocycles. The van der Waals surface area contributed by atoms with Crippen molar-refractivity contribution in [3.63, 3.8) is 0 Å². The minimum atomic E-state index is -0.997. The first-order valence-corrected chi connectivity index (χ1v) is 7.34. The van der Waals surface area contributed by atoms with E-state index in [1.54, 1.807) is 30.1 Å². The van der Waals surface area contributed by atoms with E-state index in [1.165, 1.54) is 14.5 Å². The van der Waals surface area contributed by atoms with Crippen LogP contribution in [-0.4, -0.2) is 55.8 Å². The van der Waals surface area contributed by atoms with Gasteiger partial charge in [-0.3, -0.25) is 4.79 Å². The third kappa shape index (κ3) is 5.61. The molecular formula is C14H17BCl2NO4. The van der Waals surface area contributed by atoms with Gasteiger partial charge in [0.05, 0.1) is 35.9 Å². The van der Waals surface area contributed by atoms with Crippen LogP contribution in [0, 0.1) is 0 Å². The summed E-state index contributed by atoms with van der Waals surface area (Å²) in [6, 6.07) is 4.64. The van der Waals surface area contributed by atoms with E-state index in [2.05, 4.69) is 4.74 Å². The Kier molecular flexibility index (Phi) is 7.89. The third-order valence-corrected chi connectivity index (χ3v) is 4.03. The Morgan fingerprint density at radius 1 is 1.45 bits per heavy atom. The molecule has 1 radical (unpaired) electrons. The van der Waals surface area contributed by atoms with Gasteiger partial charge in [0.1, 0.15) is 0 Å². The number of aliphatic hydroxyl groups excluding tert-OH is 1. The average molecular weight is 345 g/mol. The van der Waals surface area contributed by atoms with E-state index < -0.39 is 18.1 Å². The second-order valence-corrected chi connectivity index (χ2v) is 5.63. The van der Waals surface area contributed by atoms with Gasteiger partial charge < -0.3 is 19.4 Å². The lowest BCUT2D eigenvalue weighted by atomic mass is 9.87. The summed E-state index contributed by atoms with van der Waals surface area (Å²) < 4.78 is 4.56. The molecule has 0 heterocycles. The van der Waals surface area contributed by atoms with Crippen molar-refractivity contribution in [2.45, 2.75) is 25.0 Å². The standard InChI is InChI=1S/C14H17BCl2NO4/c1-18(15-8-19)12(13(20)7-14(21)22-2)6-9-3-4-10(16)11(17)5-9/h3-5,8,12-13,20H,6-7H2,1-2H3/t12-,13?/m1/s1. The molecule has 1 rings (SSSR count). The van der Waals surface area contributed by atoms with Crippen molar-refractivity contribution in [1.82, 2.24) is 4.81 Å². The van der Waals surface area contributed by atoms with E-state index in [9.17, 15) is 14.7 Å². The monoisotopic (exact) mass is 344 g/mol. The second kappa shape index (κ2) is 9.15. The van der Waals surface area contributed by atoms with Crippen LogP contribution >= 0.6 is 23.2 Å². The number of halogens is 2. The van der Waals surface area contributed by atoms with E-state index in [0.29, 0.717) is 22.7 Å². The van der Waals surface area contributed by atoms with Crippen molar-refractivity contribution in [2.75, 3.05) is 14.2 Å². The Labute approximate surface area is 140 Å². The van der Waals surface area contributed by atoms with Gasteiger partial charge in [-0.25, -0.2) is 0 Å². The van der Waals surface area contributed by atoms with Gasteiger partial charge in [0, 0.05) is 6.04 Å². The molecule has 5 nitrogen and oxygen atoms in total. The van der Waals surface area contributed by atoms with Crippen LogP contribution in [0.25, 0.3) is 0 Å². The van der Waals surface area contributed by atoms with Crippen LogP contribution in [0.4, 0.5) is 0 Å². The van der Waals surface area contributed by atoms with Crippen LogP contribution in [0.5, 0.6) is 0 Å². The summed E-state index contributed by atoms with van der Waals surface area (Å²) in [5.41, 5.74) is 0.828. The summed E-state index contributed by atoms with van der Waals surface area (Å²) in [7, 11) is 4.20. The van der Waals surface area contributed by atoms with Crippen LogP contribution < -0.4 is 0 Å². The average Bonchev–Trinajstić information content (AvgIpc) is 2.48. The second-order valence-electron chi connectivity index (χ2n) is 4.82. The number of esters is 1.